The van der Waals surface area contributed by atoms with Gasteiger partial charge in [-0.1, -0.05) is 17.7 Å². The van der Waals surface area contributed by atoms with Crippen LogP contribution >= 0.6 is 11.6 Å². The molecule has 0 aliphatic heterocycles. The van der Waals surface area contributed by atoms with Crippen molar-refractivity contribution in [3.8, 4) is 5.75 Å². The molecule has 0 bridgehead atoms. The maximum absolute atomic E-state index is 12.3. The lowest BCUT2D eigenvalue weighted by Gasteiger charge is -2.07. The van der Waals surface area contributed by atoms with E-state index in [2.05, 4.69) is 9.71 Å². The zero-order chi connectivity index (χ0) is 17.2. The molecule has 24 heavy (non-hydrogen) atoms. The van der Waals surface area contributed by atoms with Gasteiger partial charge in [0.25, 0.3) is 0 Å². The fourth-order valence-electron chi connectivity index (χ4n) is 2.53. The molecule has 0 spiro atoms. The third-order valence-corrected chi connectivity index (χ3v) is 5.46. The summed E-state index contributed by atoms with van der Waals surface area (Å²) in [5.41, 5.74) is 2.01. The van der Waals surface area contributed by atoms with Crippen LogP contribution in [0.5, 0.6) is 5.75 Å². The van der Waals surface area contributed by atoms with Gasteiger partial charge >= 0.3 is 0 Å². The number of rotatable bonds is 6. The number of fused-ring (bicyclic) bond motifs is 1. The van der Waals surface area contributed by atoms with Crippen LogP contribution in [0.25, 0.3) is 10.9 Å². The Morgan fingerprint density at radius 1 is 1.21 bits per heavy atom. The molecular weight excluding hydrogens is 348 g/mol. The fourth-order valence-corrected chi connectivity index (χ4v) is 3.86. The minimum atomic E-state index is -3.57. The molecule has 0 unspecified atom stereocenters. The average Bonchev–Trinajstić information content (AvgIpc) is 2.97. The largest absolute Gasteiger partial charge is 0.497 e. The van der Waals surface area contributed by atoms with Crippen molar-refractivity contribution in [2.75, 3.05) is 13.7 Å². The molecule has 0 fully saturated rings. The predicted molar refractivity (Wildman–Crippen MR) is 95.2 cm³/mol. The number of ether oxygens (including phenoxy) is 1. The van der Waals surface area contributed by atoms with E-state index in [1.54, 1.807) is 19.2 Å². The van der Waals surface area contributed by atoms with Crippen LogP contribution in [0, 0.1) is 0 Å². The first kappa shape index (κ1) is 16.8. The van der Waals surface area contributed by atoms with Crippen molar-refractivity contribution in [2.45, 2.75) is 11.3 Å². The van der Waals surface area contributed by atoms with Gasteiger partial charge in [-0.2, -0.15) is 0 Å². The molecule has 0 saturated heterocycles. The molecule has 2 aromatic carbocycles. The van der Waals surface area contributed by atoms with E-state index in [-0.39, 0.29) is 4.90 Å². The number of halogens is 1. The average molecular weight is 365 g/mol. The normalized spacial score (nSPS) is 11.8. The van der Waals surface area contributed by atoms with Crippen LogP contribution in [0.15, 0.2) is 53.6 Å². The van der Waals surface area contributed by atoms with Gasteiger partial charge in [-0.05, 0) is 48.4 Å². The lowest BCUT2D eigenvalue weighted by molar-refractivity contribution is 0.415. The molecule has 5 nitrogen and oxygen atoms in total. The van der Waals surface area contributed by atoms with Gasteiger partial charge in [-0.25, -0.2) is 13.1 Å². The predicted octanol–water partition coefficient (Wildman–Crippen LogP) is 3.35. The first-order valence-corrected chi connectivity index (χ1v) is 9.25. The number of methoxy groups -OCH3 is 1. The Bertz CT molecular complexity index is 967. The molecular formula is C17H17ClN2O3S. The Morgan fingerprint density at radius 3 is 2.79 bits per heavy atom. The highest BCUT2D eigenvalue weighted by atomic mass is 35.5. The number of hydrogen-bond donors (Lipinski definition) is 2. The van der Waals surface area contributed by atoms with Crippen molar-refractivity contribution in [1.29, 1.82) is 0 Å². The van der Waals surface area contributed by atoms with Crippen molar-refractivity contribution < 1.29 is 13.2 Å². The Morgan fingerprint density at radius 2 is 2.04 bits per heavy atom. The molecule has 1 heterocycles. The summed E-state index contributed by atoms with van der Waals surface area (Å²) in [6, 6.07) is 12.0. The summed E-state index contributed by atoms with van der Waals surface area (Å²) in [5.74, 6) is 0.767. The third-order valence-electron chi connectivity index (χ3n) is 3.77. The highest BCUT2D eigenvalue weighted by molar-refractivity contribution is 7.89. The fraction of sp³-hybridized carbons (Fsp3) is 0.176. The number of hydrogen-bond acceptors (Lipinski definition) is 3. The first-order valence-electron chi connectivity index (χ1n) is 7.39. The van der Waals surface area contributed by atoms with E-state index >= 15 is 0 Å². The van der Waals surface area contributed by atoms with Crippen LogP contribution in [0.4, 0.5) is 0 Å². The van der Waals surface area contributed by atoms with E-state index < -0.39 is 10.0 Å². The minimum absolute atomic E-state index is 0.163. The van der Waals surface area contributed by atoms with E-state index in [0.29, 0.717) is 18.0 Å². The zero-order valence-corrected chi connectivity index (χ0v) is 14.6. The summed E-state index contributed by atoms with van der Waals surface area (Å²) in [6.07, 6.45) is 2.45. The number of H-pyrrole nitrogens is 1. The van der Waals surface area contributed by atoms with Gasteiger partial charge in [-0.15, -0.1) is 0 Å². The molecule has 0 atom stereocenters. The molecule has 3 rings (SSSR count). The van der Waals surface area contributed by atoms with E-state index in [1.807, 2.05) is 24.4 Å². The van der Waals surface area contributed by atoms with Crippen LogP contribution in [-0.4, -0.2) is 27.1 Å². The molecule has 1 aromatic heterocycles. The van der Waals surface area contributed by atoms with Crippen LogP contribution in [0.2, 0.25) is 5.02 Å². The van der Waals surface area contributed by atoms with Gasteiger partial charge in [0.2, 0.25) is 10.0 Å². The summed E-state index contributed by atoms with van der Waals surface area (Å²) in [5, 5.41) is 1.41. The molecule has 0 saturated carbocycles. The molecule has 126 valence electrons. The van der Waals surface area contributed by atoms with Crippen LogP contribution in [0.3, 0.4) is 0 Å². The molecule has 0 aliphatic carbocycles. The molecule has 7 heteroatoms. The topological polar surface area (TPSA) is 71.2 Å². The first-order chi connectivity index (χ1) is 11.5. The molecule has 0 radical (unpaired) electrons. The van der Waals surface area contributed by atoms with E-state index in [9.17, 15) is 8.42 Å². The van der Waals surface area contributed by atoms with Crippen molar-refractivity contribution in [3.05, 3.63) is 59.2 Å². The molecule has 0 amide bonds. The van der Waals surface area contributed by atoms with Crippen molar-refractivity contribution in [1.82, 2.24) is 9.71 Å². The van der Waals surface area contributed by atoms with Crippen LogP contribution in [-0.2, 0) is 16.4 Å². The number of sulfonamides is 1. The van der Waals surface area contributed by atoms with E-state index in [0.717, 1.165) is 22.2 Å². The second kappa shape index (κ2) is 6.84. The van der Waals surface area contributed by atoms with E-state index in [1.165, 1.54) is 12.1 Å². The van der Waals surface area contributed by atoms with Crippen LogP contribution < -0.4 is 9.46 Å². The quantitative estimate of drug-likeness (QED) is 0.704. The van der Waals surface area contributed by atoms with Crippen LogP contribution in [0.1, 0.15) is 5.56 Å². The molecule has 3 aromatic rings. The van der Waals surface area contributed by atoms with Gasteiger partial charge in [0.05, 0.1) is 12.0 Å². The van der Waals surface area contributed by atoms with E-state index in [4.69, 9.17) is 16.3 Å². The lowest BCUT2D eigenvalue weighted by atomic mass is 10.1. The standard InChI is InChI=1S/C17H17ClN2O3S/c1-23-14-5-6-17-16(10-14)12(11-19-17)7-8-20-24(21,22)15-4-2-3-13(18)9-15/h2-6,9-11,19-20H,7-8H2,1H3. The maximum atomic E-state index is 12.3. The molecule has 0 aliphatic rings. The van der Waals surface area contributed by atoms with Crippen molar-refractivity contribution >= 4 is 32.5 Å². The zero-order valence-electron chi connectivity index (χ0n) is 13.0. The summed E-state index contributed by atoms with van der Waals surface area (Å²) in [4.78, 5) is 3.34. The Balaban J connectivity index is 1.72. The lowest BCUT2D eigenvalue weighted by Crippen LogP contribution is -2.25. The summed E-state index contributed by atoms with van der Waals surface area (Å²) < 4.78 is 32.4. The van der Waals surface area contributed by atoms with Gasteiger partial charge in [-0.3, -0.25) is 0 Å². The van der Waals surface area contributed by atoms with Gasteiger partial charge in [0, 0.05) is 28.7 Å². The second-order valence-corrected chi connectivity index (χ2v) is 7.53. The van der Waals surface area contributed by atoms with Gasteiger partial charge in [0.15, 0.2) is 0 Å². The smallest absolute Gasteiger partial charge is 0.240 e. The monoisotopic (exact) mass is 364 g/mol. The SMILES string of the molecule is COc1ccc2[nH]cc(CCNS(=O)(=O)c3cccc(Cl)c3)c2c1. The summed E-state index contributed by atoms with van der Waals surface area (Å²) in [6.45, 7) is 0.291. The number of aromatic amines is 1. The van der Waals surface area contributed by atoms with Crippen molar-refractivity contribution in [3.63, 3.8) is 0 Å². The Kier molecular flexibility index (Phi) is 4.80. The van der Waals surface area contributed by atoms with Crippen molar-refractivity contribution in [2.24, 2.45) is 0 Å². The highest BCUT2D eigenvalue weighted by Crippen LogP contribution is 2.24. The minimum Gasteiger partial charge on any atom is -0.497 e. The Hall–Kier alpha value is -2.02. The second-order valence-electron chi connectivity index (χ2n) is 5.33. The summed E-state index contributed by atoms with van der Waals surface area (Å²) in [7, 11) is -1.95. The molecule has 2 N–H and O–H groups in total. The number of benzene rings is 2. The number of aromatic nitrogens is 1. The number of nitrogens with one attached hydrogen (secondary N) is 2. The van der Waals surface area contributed by atoms with Gasteiger partial charge in [0.1, 0.15) is 5.75 Å². The highest BCUT2D eigenvalue weighted by Gasteiger charge is 2.14. The van der Waals surface area contributed by atoms with Gasteiger partial charge < -0.3 is 9.72 Å². The Labute approximate surface area is 145 Å². The summed E-state index contributed by atoms with van der Waals surface area (Å²) >= 11 is 5.85. The third kappa shape index (κ3) is 3.56. The maximum Gasteiger partial charge on any atom is 0.240 e.